The highest BCUT2D eigenvalue weighted by molar-refractivity contribution is 6.10. The number of nitrogens with one attached hydrogen (secondary N) is 1. The van der Waals surface area contributed by atoms with Gasteiger partial charge in [-0.05, 0) is 121 Å². The number of H-pyrrole nitrogens is 1. The summed E-state index contributed by atoms with van der Waals surface area (Å²) in [5.41, 5.74) is 11.9. The number of amides is 2. The normalized spacial score (nSPS) is 18.1. The molecule has 1 N–H and O–H groups in total. The Bertz CT molecular complexity index is 3190. The van der Waals surface area contributed by atoms with Crippen molar-refractivity contribution in [1.29, 1.82) is 0 Å². The molecule has 11 rings (SSSR count). The average molecular weight is 825 g/mol. The fraction of sp³-hybridized carbons (Fsp3) is 0.271. The molecule has 5 aromatic heterocycles. The number of pyridine rings is 1. The van der Waals surface area contributed by atoms with Gasteiger partial charge in [0.05, 0.1) is 30.8 Å². The molecule has 0 spiro atoms. The number of hydrogen-bond acceptors (Lipinski definition) is 8. The zero-order valence-corrected chi connectivity index (χ0v) is 35.1. The molecule has 1 aliphatic carbocycles. The Kier molecular flexibility index (Phi) is 8.40. The van der Waals surface area contributed by atoms with Crippen LogP contribution in [-0.2, 0) is 31.5 Å². The third-order valence-electron chi connectivity index (χ3n) is 13.2. The SMILES string of the molecule is CCc1nccc(-c2ccc3c(c2)cc(C(=O)N2CCc4nn(-c5cc(C)cc(C)c5)c(N5Cc6ccc(-n7ccnc7)cc6C5=O)c4C2)n3[C@@]2(c3noc(=O)[nH]3)C[C@@H]2C)c1C. The molecule has 2 atom stereocenters. The molecular formula is C48H44N10O4. The molecule has 0 saturated heterocycles. The van der Waals surface area contributed by atoms with Crippen LogP contribution in [0.3, 0.4) is 0 Å². The molecule has 0 radical (unpaired) electrons. The third kappa shape index (κ3) is 5.72. The zero-order chi connectivity index (χ0) is 42.6. The van der Waals surface area contributed by atoms with E-state index in [0.717, 1.165) is 79.0 Å². The minimum Gasteiger partial charge on any atom is -0.332 e. The number of hydrogen-bond donors (Lipinski definition) is 1. The maximum absolute atomic E-state index is 15.4. The van der Waals surface area contributed by atoms with Crippen molar-refractivity contribution in [2.24, 2.45) is 5.92 Å². The topological polar surface area (TPSA) is 153 Å². The van der Waals surface area contributed by atoms with Crippen molar-refractivity contribution < 1.29 is 14.1 Å². The van der Waals surface area contributed by atoms with E-state index < -0.39 is 11.3 Å². The number of anilines is 1. The van der Waals surface area contributed by atoms with E-state index in [1.807, 2.05) is 61.8 Å². The summed E-state index contributed by atoms with van der Waals surface area (Å²) in [6.45, 7) is 11.4. The molecule has 3 aliphatic rings. The maximum Gasteiger partial charge on any atom is 0.438 e. The second kappa shape index (κ2) is 13.8. The lowest BCUT2D eigenvalue weighted by atomic mass is 9.98. The molecule has 1 saturated carbocycles. The van der Waals surface area contributed by atoms with Crippen LogP contribution in [0.2, 0.25) is 0 Å². The molecule has 14 heteroatoms. The van der Waals surface area contributed by atoms with Gasteiger partial charge in [-0.3, -0.25) is 29.0 Å². The minimum atomic E-state index is -0.800. The number of carbonyl (C=O) groups is 2. The monoisotopic (exact) mass is 824 g/mol. The second-order valence-electron chi connectivity index (χ2n) is 17.1. The first kappa shape index (κ1) is 37.6. The van der Waals surface area contributed by atoms with Crippen LogP contribution in [0.4, 0.5) is 5.82 Å². The number of benzene rings is 3. The minimum absolute atomic E-state index is 0.0484. The zero-order valence-electron chi connectivity index (χ0n) is 35.1. The largest absolute Gasteiger partial charge is 0.438 e. The van der Waals surface area contributed by atoms with Gasteiger partial charge in [-0.2, -0.15) is 5.10 Å². The fourth-order valence-corrected chi connectivity index (χ4v) is 10.0. The summed E-state index contributed by atoms with van der Waals surface area (Å²) in [4.78, 5) is 57.7. The van der Waals surface area contributed by atoms with Crippen molar-refractivity contribution in [3.05, 3.63) is 158 Å². The van der Waals surface area contributed by atoms with Gasteiger partial charge in [-0.15, -0.1) is 0 Å². The van der Waals surface area contributed by atoms with E-state index in [4.69, 9.17) is 9.62 Å². The highest BCUT2D eigenvalue weighted by Crippen LogP contribution is 2.56. The first-order valence-electron chi connectivity index (χ1n) is 21.1. The summed E-state index contributed by atoms with van der Waals surface area (Å²) < 4.78 is 10.9. The Labute approximate surface area is 356 Å². The van der Waals surface area contributed by atoms with Crippen molar-refractivity contribution in [3.63, 3.8) is 0 Å². The van der Waals surface area contributed by atoms with Gasteiger partial charge in [-0.1, -0.05) is 37.2 Å². The summed E-state index contributed by atoms with van der Waals surface area (Å²) in [5, 5.41) is 10.3. The van der Waals surface area contributed by atoms with Crippen LogP contribution in [-0.4, -0.2) is 62.3 Å². The Balaban J connectivity index is 1.03. The molecule has 7 heterocycles. The van der Waals surface area contributed by atoms with E-state index in [9.17, 15) is 9.59 Å². The van der Waals surface area contributed by atoms with Gasteiger partial charge >= 0.3 is 5.76 Å². The maximum atomic E-state index is 15.4. The summed E-state index contributed by atoms with van der Waals surface area (Å²) in [6.07, 6.45) is 9.11. The lowest BCUT2D eigenvalue weighted by molar-refractivity contribution is 0.0721. The Morgan fingerprint density at radius 1 is 0.935 bits per heavy atom. The van der Waals surface area contributed by atoms with Crippen LogP contribution >= 0.6 is 0 Å². The molecule has 2 amide bonds. The van der Waals surface area contributed by atoms with E-state index in [2.05, 4.69) is 95.7 Å². The van der Waals surface area contributed by atoms with Crippen molar-refractivity contribution in [2.45, 2.75) is 72.5 Å². The van der Waals surface area contributed by atoms with Gasteiger partial charge in [0.25, 0.3) is 11.8 Å². The van der Waals surface area contributed by atoms with Gasteiger partial charge in [0, 0.05) is 65.0 Å². The predicted molar refractivity (Wildman–Crippen MR) is 233 cm³/mol. The predicted octanol–water partition coefficient (Wildman–Crippen LogP) is 7.38. The lowest BCUT2D eigenvalue weighted by Crippen LogP contribution is -2.39. The van der Waals surface area contributed by atoms with E-state index >= 15 is 4.79 Å². The first-order chi connectivity index (χ1) is 30.0. The van der Waals surface area contributed by atoms with Gasteiger partial charge < -0.3 is 14.0 Å². The van der Waals surface area contributed by atoms with E-state index in [1.54, 1.807) is 12.5 Å². The Hall–Kier alpha value is -7.35. The van der Waals surface area contributed by atoms with Gasteiger partial charge in [-0.25, -0.2) is 14.5 Å². The average Bonchev–Trinajstić information content (AvgIpc) is 3.95. The van der Waals surface area contributed by atoms with Crippen LogP contribution < -0.4 is 10.7 Å². The Morgan fingerprint density at radius 2 is 1.76 bits per heavy atom. The van der Waals surface area contributed by atoms with Crippen LogP contribution in [0.15, 0.2) is 101 Å². The molecule has 3 aromatic carbocycles. The molecule has 14 nitrogen and oxygen atoms in total. The molecule has 62 heavy (non-hydrogen) atoms. The highest BCUT2D eigenvalue weighted by Gasteiger charge is 2.59. The van der Waals surface area contributed by atoms with Crippen LogP contribution in [0.1, 0.15) is 86.1 Å². The summed E-state index contributed by atoms with van der Waals surface area (Å²) in [5.74, 6) is 0.161. The number of aryl methyl sites for hydroxylation is 3. The van der Waals surface area contributed by atoms with Gasteiger partial charge in [0.15, 0.2) is 5.82 Å². The van der Waals surface area contributed by atoms with Crippen LogP contribution in [0, 0.1) is 26.7 Å². The number of imidazole rings is 1. The van der Waals surface area contributed by atoms with Gasteiger partial charge in [0.1, 0.15) is 17.1 Å². The molecule has 2 aliphatic heterocycles. The number of aromatic amines is 1. The standard InChI is InChI=1S/C48H44N10O4/c1-6-39-30(5)36(11-13-50-39)31-8-10-41-33(20-31)21-42(57(41)48(23-29(48)4)46-51-47(61)62-53-46)45(60)54-15-12-40-38(25-54)43(58(52-40)35-18-27(2)17-28(3)19-35)56-24-32-7-9-34(22-37(32)44(56)59)55-16-14-49-26-55/h7-11,13-14,16-22,26,29H,6,12,15,23-25H2,1-5H3,(H,51,53,61)/t29-,48-/m0/s1. The quantitative estimate of drug-likeness (QED) is 0.167. The molecule has 0 bridgehead atoms. The fourth-order valence-electron chi connectivity index (χ4n) is 10.0. The van der Waals surface area contributed by atoms with Crippen LogP contribution in [0.5, 0.6) is 0 Å². The third-order valence-corrected chi connectivity index (χ3v) is 13.2. The molecule has 310 valence electrons. The molecule has 0 unspecified atom stereocenters. The number of rotatable bonds is 8. The van der Waals surface area contributed by atoms with E-state index in [-0.39, 0.29) is 24.3 Å². The van der Waals surface area contributed by atoms with Crippen molar-refractivity contribution >= 4 is 28.5 Å². The first-order valence-corrected chi connectivity index (χ1v) is 21.1. The number of nitrogens with zero attached hydrogens (tertiary/aromatic N) is 9. The van der Waals surface area contributed by atoms with Gasteiger partial charge in [0.2, 0.25) is 0 Å². The summed E-state index contributed by atoms with van der Waals surface area (Å²) in [7, 11) is 0. The molecule has 8 aromatic rings. The van der Waals surface area contributed by atoms with Crippen molar-refractivity contribution in [1.82, 2.24) is 43.9 Å². The lowest BCUT2D eigenvalue weighted by Gasteiger charge is -2.30. The number of carbonyl (C=O) groups excluding carboxylic acids is 2. The van der Waals surface area contributed by atoms with E-state index in [1.165, 1.54) is 0 Å². The Morgan fingerprint density at radius 3 is 2.48 bits per heavy atom. The number of aromatic nitrogens is 8. The smallest absolute Gasteiger partial charge is 0.332 e. The summed E-state index contributed by atoms with van der Waals surface area (Å²) >= 11 is 0. The van der Waals surface area contributed by atoms with Crippen molar-refractivity contribution in [2.75, 3.05) is 11.4 Å². The van der Waals surface area contributed by atoms with Crippen molar-refractivity contribution in [3.8, 4) is 22.5 Å². The van der Waals surface area contributed by atoms with Crippen LogP contribution in [0.25, 0.3) is 33.4 Å². The highest BCUT2D eigenvalue weighted by atomic mass is 16.5. The summed E-state index contributed by atoms with van der Waals surface area (Å²) in [6, 6.07) is 22.5. The molecule has 1 fully saturated rings. The van der Waals surface area contributed by atoms with E-state index in [0.29, 0.717) is 48.8 Å². The number of fused-ring (bicyclic) bond motifs is 3. The second-order valence-corrected chi connectivity index (χ2v) is 17.1. The molecular weight excluding hydrogens is 781 g/mol.